The predicted molar refractivity (Wildman–Crippen MR) is 66.2 cm³/mol. The summed E-state index contributed by atoms with van der Waals surface area (Å²) in [7, 11) is 2.03. The molecule has 1 aromatic rings. The van der Waals surface area contributed by atoms with Gasteiger partial charge in [0.25, 0.3) is 0 Å². The Bertz CT molecular complexity index is 312. The molecule has 2 heterocycles. The molecule has 1 atom stereocenters. The van der Waals surface area contributed by atoms with Gasteiger partial charge in [-0.15, -0.1) is 0 Å². The summed E-state index contributed by atoms with van der Waals surface area (Å²) in [6, 6.07) is 4.72. The minimum atomic E-state index is 0.601. The number of aromatic nitrogens is 1. The molecule has 82 valence electrons. The van der Waals surface area contributed by atoms with Crippen LogP contribution in [0.15, 0.2) is 22.8 Å². The van der Waals surface area contributed by atoms with Crippen LogP contribution in [-0.4, -0.2) is 31.2 Å². The maximum Gasteiger partial charge on any atom is 0.128 e. The molecule has 0 radical (unpaired) electrons. The molecular formula is C11H16BrN3. The predicted octanol–water partition coefficient (Wildman–Crippen LogP) is 2.03. The van der Waals surface area contributed by atoms with E-state index in [1.807, 2.05) is 19.3 Å². The fourth-order valence-electron chi connectivity index (χ4n) is 1.98. The molecule has 1 N–H and O–H groups in total. The Balaban J connectivity index is 2.06. The highest BCUT2D eigenvalue weighted by atomic mass is 79.9. The molecule has 1 saturated heterocycles. The van der Waals surface area contributed by atoms with Gasteiger partial charge in [0.2, 0.25) is 0 Å². The summed E-state index contributed by atoms with van der Waals surface area (Å²) in [4.78, 5) is 6.77. The lowest BCUT2D eigenvalue weighted by Crippen LogP contribution is -2.44. The molecule has 3 nitrogen and oxygen atoms in total. The van der Waals surface area contributed by atoms with Crippen molar-refractivity contribution < 1.29 is 0 Å². The van der Waals surface area contributed by atoms with Gasteiger partial charge in [0, 0.05) is 29.8 Å². The van der Waals surface area contributed by atoms with Crippen molar-refractivity contribution in [2.24, 2.45) is 0 Å². The van der Waals surface area contributed by atoms with E-state index in [1.165, 1.54) is 12.8 Å². The summed E-state index contributed by atoms with van der Waals surface area (Å²) in [6.45, 7) is 2.18. The molecule has 2 rings (SSSR count). The summed E-state index contributed by atoms with van der Waals surface area (Å²) in [5.74, 6) is 1.08. The van der Waals surface area contributed by atoms with Crippen molar-refractivity contribution >= 4 is 21.7 Å². The van der Waals surface area contributed by atoms with Gasteiger partial charge in [0.1, 0.15) is 5.82 Å². The van der Waals surface area contributed by atoms with E-state index < -0.39 is 0 Å². The number of rotatable bonds is 2. The largest absolute Gasteiger partial charge is 0.355 e. The van der Waals surface area contributed by atoms with Crippen molar-refractivity contribution in [3.8, 4) is 0 Å². The van der Waals surface area contributed by atoms with Crippen molar-refractivity contribution in [2.45, 2.75) is 18.9 Å². The van der Waals surface area contributed by atoms with Gasteiger partial charge < -0.3 is 10.2 Å². The lowest BCUT2D eigenvalue weighted by molar-refractivity contribution is 0.447. The molecule has 0 aliphatic carbocycles. The number of nitrogens with one attached hydrogen (secondary N) is 1. The van der Waals surface area contributed by atoms with E-state index in [-0.39, 0.29) is 0 Å². The highest BCUT2D eigenvalue weighted by molar-refractivity contribution is 9.10. The second-order valence-corrected chi connectivity index (χ2v) is 4.82. The minimum absolute atomic E-state index is 0.601. The van der Waals surface area contributed by atoms with E-state index in [0.29, 0.717) is 6.04 Å². The van der Waals surface area contributed by atoms with Crippen molar-refractivity contribution in [3.05, 3.63) is 22.8 Å². The van der Waals surface area contributed by atoms with Crippen LogP contribution in [0.3, 0.4) is 0 Å². The average Bonchev–Trinajstić information content (AvgIpc) is 2.30. The van der Waals surface area contributed by atoms with Crippen LogP contribution in [0.4, 0.5) is 5.82 Å². The quantitative estimate of drug-likeness (QED) is 0.891. The van der Waals surface area contributed by atoms with Crippen LogP contribution in [0.2, 0.25) is 0 Å². The number of piperidine rings is 1. The van der Waals surface area contributed by atoms with Crippen molar-refractivity contribution in [3.63, 3.8) is 0 Å². The normalized spacial score (nSPS) is 21.7. The number of likely N-dealkylation sites (N-methyl/N-ethyl adjacent to an activating group) is 1. The van der Waals surface area contributed by atoms with E-state index in [4.69, 9.17) is 0 Å². The van der Waals surface area contributed by atoms with Crippen LogP contribution in [0, 0.1) is 0 Å². The molecule has 0 bridgehead atoms. The first-order valence-corrected chi connectivity index (χ1v) is 6.12. The van der Waals surface area contributed by atoms with Gasteiger partial charge in [-0.1, -0.05) is 0 Å². The molecule has 1 aromatic heterocycles. The maximum atomic E-state index is 4.42. The fraction of sp³-hybridized carbons (Fsp3) is 0.545. The number of halogens is 1. The van der Waals surface area contributed by atoms with E-state index >= 15 is 0 Å². The minimum Gasteiger partial charge on any atom is -0.355 e. The molecule has 0 amide bonds. The number of nitrogens with zero attached hydrogens (tertiary/aromatic N) is 2. The van der Waals surface area contributed by atoms with Crippen molar-refractivity contribution in [1.29, 1.82) is 0 Å². The molecule has 1 aliphatic heterocycles. The van der Waals surface area contributed by atoms with E-state index in [0.717, 1.165) is 23.4 Å². The van der Waals surface area contributed by atoms with Crippen LogP contribution in [-0.2, 0) is 0 Å². The van der Waals surface area contributed by atoms with Gasteiger partial charge in [0.15, 0.2) is 0 Å². The first-order valence-electron chi connectivity index (χ1n) is 5.33. The summed E-state index contributed by atoms with van der Waals surface area (Å²) >= 11 is 3.40. The number of hydrogen-bond acceptors (Lipinski definition) is 3. The van der Waals surface area contributed by atoms with Gasteiger partial charge >= 0.3 is 0 Å². The average molecular weight is 270 g/mol. The van der Waals surface area contributed by atoms with Gasteiger partial charge in [-0.25, -0.2) is 4.98 Å². The second kappa shape index (κ2) is 4.94. The van der Waals surface area contributed by atoms with Gasteiger partial charge in [-0.2, -0.15) is 0 Å². The fourth-order valence-corrected chi connectivity index (χ4v) is 2.21. The number of hydrogen-bond donors (Lipinski definition) is 1. The Hall–Kier alpha value is -0.610. The Morgan fingerprint density at radius 2 is 2.40 bits per heavy atom. The van der Waals surface area contributed by atoms with Crippen LogP contribution < -0.4 is 10.2 Å². The maximum absolute atomic E-state index is 4.42. The lowest BCUT2D eigenvalue weighted by atomic mass is 10.1. The van der Waals surface area contributed by atoms with Gasteiger partial charge in [-0.3, -0.25) is 0 Å². The van der Waals surface area contributed by atoms with E-state index in [2.05, 4.69) is 37.2 Å². The third-order valence-electron chi connectivity index (χ3n) is 2.87. The molecule has 1 aliphatic rings. The third kappa shape index (κ3) is 2.69. The standard InChI is InChI=1S/C11H16BrN3/c1-13-10-3-2-6-15(8-10)11-5-4-9(12)7-14-11/h4-5,7,10,13H,2-3,6,8H2,1H3/t10-/m1/s1. The Labute approximate surface area is 99.0 Å². The first kappa shape index (κ1) is 10.9. The summed E-state index contributed by atoms with van der Waals surface area (Å²) in [5, 5.41) is 3.34. The highest BCUT2D eigenvalue weighted by Crippen LogP contribution is 2.19. The Kier molecular flexibility index (Phi) is 3.59. The van der Waals surface area contributed by atoms with Crippen LogP contribution in [0.5, 0.6) is 0 Å². The summed E-state index contributed by atoms with van der Waals surface area (Å²) in [6.07, 6.45) is 4.37. The van der Waals surface area contributed by atoms with Gasteiger partial charge in [0.05, 0.1) is 0 Å². The number of pyridine rings is 1. The molecule has 1 fully saturated rings. The molecular weight excluding hydrogens is 254 g/mol. The molecule has 0 saturated carbocycles. The van der Waals surface area contributed by atoms with E-state index in [9.17, 15) is 0 Å². The Morgan fingerprint density at radius 3 is 3.07 bits per heavy atom. The van der Waals surface area contributed by atoms with Gasteiger partial charge in [-0.05, 0) is 48.0 Å². The number of anilines is 1. The summed E-state index contributed by atoms with van der Waals surface area (Å²) in [5.41, 5.74) is 0. The molecule has 0 aromatic carbocycles. The smallest absolute Gasteiger partial charge is 0.128 e. The van der Waals surface area contributed by atoms with E-state index in [1.54, 1.807) is 0 Å². The molecule has 0 unspecified atom stereocenters. The monoisotopic (exact) mass is 269 g/mol. The zero-order valence-electron chi connectivity index (χ0n) is 8.91. The van der Waals surface area contributed by atoms with Crippen LogP contribution in [0.1, 0.15) is 12.8 Å². The zero-order chi connectivity index (χ0) is 10.7. The zero-order valence-corrected chi connectivity index (χ0v) is 10.5. The van der Waals surface area contributed by atoms with Crippen molar-refractivity contribution in [1.82, 2.24) is 10.3 Å². The topological polar surface area (TPSA) is 28.2 Å². The highest BCUT2D eigenvalue weighted by Gasteiger charge is 2.18. The first-order chi connectivity index (χ1) is 7.29. The summed E-state index contributed by atoms with van der Waals surface area (Å²) < 4.78 is 1.04. The molecule has 0 spiro atoms. The van der Waals surface area contributed by atoms with Crippen LogP contribution in [0.25, 0.3) is 0 Å². The van der Waals surface area contributed by atoms with Crippen LogP contribution >= 0.6 is 15.9 Å². The Morgan fingerprint density at radius 1 is 1.53 bits per heavy atom. The lowest BCUT2D eigenvalue weighted by Gasteiger charge is -2.33. The molecule has 15 heavy (non-hydrogen) atoms. The van der Waals surface area contributed by atoms with Crippen molar-refractivity contribution in [2.75, 3.05) is 25.0 Å². The molecule has 4 heteroatoms. The third-order valence-corrected chi connectivity index (χ3v) is 3.33. The SMILES string of the molecule is CN[C@@H]1CCCN(c2ccc(Br)cn2)C1. The second-order valence-electron chi connectivity index (χ2n) is 3.91.